The summed E-state index contributed by atoms with van der Waals surface area (Å²) in [5, 5.41) is 12.0. The molecule has 144 valence electrons. The monoisotopic (exact) mass is 356 g/mol. The molecule has 2 amide bonds. The molecule has 8 heteroatoms. The van der Waals surface area contributed by atoms with Gasteiger partial charge in [-0.25, -0.2) is 4.79 Å². The maximum Gasteiger partial charge on any atom is 0.326 e. The van der Waals surface area contributed by atoms with Crippen LogP contribution in [0.15, 0.2) is 0 Å². The van der Waals surface area contributed by atoms with Gasteiger partial charge in [-0.1, -0.05) is 13.8 Å². The maximum atomic E-state index is 12.8. The number of carbonyl (C=O) groups is 3. The zero-order valence-electron chi connectivity index (χ0n) is 15.2. The van der Waals surface area contributed by atoms with Gasteiger partial charge in [0.1, 0.15) is 12.1 Å². The number of carboxylic acids is 1. The van der Waals surface area contributed by atoms with E-state index in [1.54, 1.807) is 0 Å². The van der Waals surface area contributed by atoms with Crippen LogP contribution in [0.25, 0.3) is 0 Å². The lowest BCUT2D eigenvalue weighted by Crippen LogP contribution is -2.54. The van der Waals surface area contributed by atoms with Gasteiger partial charge in [-0.3, -0.25) is 9.59 Å². The van der Waals surface area contributed by atoms with Crippen molar-refractivity contribution in [3.63, 3.8) is 0 Å². The van der Waals surface area contributed by atoms with Crippen LogP contribution in [-0.4, -0.2) is 59.0 Å². The Hall–Kier alpha value is -1.67. The van der Waals surface area contributed by atoms with Crippen molar-refractivity contribution in [2.45, 2.75) is 70.5 Å². The molecule has 0 unspecified atom stereocenters. The number of unbranched alkanes of at least 4 members (excludes halogenated alkanes) is 1. The van der Waals surface area contributed by atoms with E-state index < -0.39 is 24.1 Å². The Balaban J connectivity index is 2.79. The SMILES string of the molecule is CC(C)C[C@H](N)C(=O)N[C@@H](CCCCN)C(=O)N1CCC[C@@H]1C(=O)O. The lowest BCUT2D eigenvalue weighted by molar-refractivity contribution is -0.149. The highest BCUT2D eigenvalue weighted by Crippen LogP contribution is 2.20. The van der Waals surface area contributed by atoms with E-state index >= 15 is 0 Å². The van der Waals surface area contributed by atoms with Gasteiger partial charge in [-0.15, -0.1) is 0 Å². The van der Waals surface area contributed by atoms with Crippen molar-refractivity contribution in [2.75, 3.05) is 13.1 Å². The van der Waals surface area contributed by atoms with E-state index in [1.165, 1.54) is 4.90 Å². The summed E-state index contributed by atoms with van der Waals surface area (Å²) < 4.78 is 0. The molecule has 1 heterocycles. The van der Waals surface area contributed by atoms with Crippen molar-refractivity contribution in [3.8, 4) is 0 Å². The third-order valence-electron chi connectivity index (χ3n) is 4.44. The second-order valence-electron chi connectivity index (χ2n) is 7.11. The lowest BCUT2D eigenvalue weighted by Gasteiger charge is -2.28. The summed E-state index contributed by atoms with van der Waals surface area (Å²) in [5.41, 5.74) is 11.4. The van der Waals surface area contributed by atoms with Crippen LogP contribution in [0.5, 0.6) is 0 Å². The summed E-state index contributed by atoms with van der Waals surface area (Å²) in [5.74, 6) is -1.45. The summed E-state index contributed by atoms with van der Waals surface area (Å²) in [6.07, 6.45) is 3.46. The number of amides is 2. The Bertz CT molecular complexity index is 470. The summed E-state index contributed by atoms with van der Waals surface area (Å²) >= 11 is 0. The average Bonchev–Trinajstić information content (AvgIpc) is 3.02. The molecule has 1 aliphatic heterocycles. The molecule has 25 heavy (non-hydrogen) atoms. The van der Waals surface area contributed by atoms with E-state index in [2.05, 4.69) is 5.32 Å². The predicted octanol–water partition coefficient (Wildman–Crippen LogP) is 0.0492. The molecular weight excluding hydrogens is 324 g/mol. The Labute approximate surface area is 149 Å². The highest BCUT2D eigenvalue weighted by molar-refractivity contribution is 5.92. The number of carbonyl (C=O) groups excluding carboxylic acids is 2. The van der Waals surface area contributed by atoms with E-state index in [9.17, 15) is 19.5 Å². The van der Waals surface area contributed by atoms with E-state index in [4.69, 9.17) is 11.5 Å². The molecular formula is C17H32N4O4. The van der Waals surface area contributed by atoms with Crippen molar-refractivity contribution >= 4 is 17.8 Å². The molecule has 0 aromatic carbocycles. The van der Waals surface area contributed by atoms with Crippen LogP contribution < -0.4 is 16.8 Å². The van der Waals surface area contributed by atoms with Crippen LogP contribution >= 0.6 is 0 Å². The molecule has 0 aromatic rings. The lowest BCUT2D eigenvalue weighted by atomic mass is 10.0. The zero-order valence-corrected chi connectivity index (χ0v) is 15.2. The van der Waals surface area contributed by atoms with E-state index in [0.717, 1.165) is 6.42 Å². The van der Waals surface area contributed by atoms with Crippen molar-refractivity contribution in [3.05, 3.63) is 0 Å². The molecule has 0 aromatic heterocycles. The molecule has 0 spiro atoms. The largest absolute Gasteiger partial charge is 0.480 e. The van der Waals surface area contributed by atoms with Gasteiger partial charge >= 0.3 is 5.97 Å². The van der Waals surface area contributed by atoms with Gasteiger partial charge in [0.2, 0.25) is 11.8 Å². The van der Waals surface area contributed by atoms with Crippen LogP contribution in [0, 0.1) is 5.92 Å². The molecule has 6 N–H and O–H groups in total. The minimum Gasteiger partial charge on any atom is -0.480 e. The number of hydrogen-bond donors (Lipinski definition) is 4. The highest BCUT2D eigenvalue weighted by atomic mass is 16.4. The van der Waals surface area contributed by atoms with Crippen molar-refractivity contribution in [1.82, 2.24) is 10.2 Å². The van der Waals surface area contributed by atoms with Crippen LogP contribution in [0.4, 0.5) is 0 Å². The van der Waals surface area contributed by atoms with Crippen LogP contribution in [0.2, 0.25) is 0 Å². The molecule has 0 saturated carbocycles. The normalized spacial score (nSPS) is 19.7. The second-order valence-corrected chi connectivity index (χ2v) is 7.11. The van der Waals surface area contributed by atoms with Crippen LogP contribution in [0.1, 0.15) is 52.4 Å². The van der Waals surface area contributed by atoms with Gasteiger partial charge in [-0.05, 0) is 51.0 Å². The third-order valence-corrected chi connectivity index (χ3v) is 4.44. The van der Waals surface area contributed by atoms with Crippen molar-refractivity contribution in [1.29, 1.82) is 0 Å². The fourth-order valence-corrected chi connectivity index (χ4v) is 3.13. The zero-order chi connectivity index (χ0) is 19.0. The molecule has 1 aliphatic rings. The van der Waals surface area contributed by atoms with Gasteiger partial charge in [0.25, 0.3) is 0 Å². The summed E-state index contributed by atoms with van der Waals surface area (Å²) in [6, 6.07) is -2.25. The van der Waals surface area contributed by atoms with Gasteiger partial charge in [-0.2, -0.15) is 0 Å². The minimum absolute atomic E-state index is 0.266. The van der Waals surface area contributed by atoms with Gasteiger partial charge < -0.3 is 26.8 Å². The molecule has 1 saturated heterocycles. The first-order valence-corrected chi connectivity index (χ1v) is 9.07. The number of hydrogen-bond acceptors (Lipinski definition) is 5. The fraction of sp³-hybridized carbons (Fsp3) is 0.824. The average molecular weight is 356 g/mol. The highest BCUT2D eigenvalue weighted by Gasteiger charge is 2.37. The fourth-order valence-electron chi connectivity index (χ4n) is 3.13. The van der Waals surface area contributed by atoms with E-state index in [-0.39, 0.29) is 17.7 Å². The molecule has 0 aliphatic carbocycles. The van der Waals surface area contributed by atoms with Crippen LogP contribution in [0.3, 0.4) is 0 Å². The molecule has 0 bridgehead atoms. The number of aliphatic carboxylic acids is 1. The van der Waals surface area contributed by atoms with Crippen LogP contribution in [-0.2, 0) is 14.4 Å². The molecule has 8 nitrogen and oxygen atoms in total. The summed E-state index contributed by atoms with van der Waals surface area (Å²) in [7, 11) is 0. The molecule has 0 radical (unpaired) electrons. The maximum absolute atomic E-state index is 12.8. The number of nitrogens with zero attached hydrogens (tertiary/aromatic N) is 1. The third kappa shape index (κ3) is 6.62. The van der Waals surface area contributed by atoms with Gasteiger partial charge in [0, 0.05) is 6.54 Å². The first-order valence-electron chi connectivity index (χ1n) is 9.07. The number of likely N-dealkylation sites (tertiary alicyclic amines) is 1. The van der Waals surface area contributed by atoms with Crippen molar-refractivity contribution in [2.24, 2.45) is 17.4 Å². The van der Waals surface area contributed by atoms with Crippen molar-refractivity contribution < 1.29 is 19.5 Å². The Morgan fingerprint density at radius 3 is 2.52 bits per heavy atom. The second kappa shape index (κ2) is 10.4. The number of carboxylic acid groups (broad SMARTS) is 1. The number of nitrogens with two attached hydrogens (primary N) is 2. The van der Waals surface area contributed by atoms with E-state index in [0.29, 0.717) is 45.2 Å². The Morgan fingerprint density at radius 2 is 1.96 bits per heavy atom. The minimum atomic E-state index is -1.01. The topological polar surface area (TPSA) is 139 Å². The summed E-state index contributed by atoms with van der Waals surface area (Å²) in [4.78, 5) is 37.8. The van der Waals surface area contributed by atoms with Gasteiger partial charge in [0.15, 0.2) is 0 Å². The molecule has 1 fully saturated rings. The molecule has 1 rings (SSSR count). The Morgan fingerprint density at radius 1 is 1.28 bits per heavy atom. The van der Waals surface area contributed by atoms with E-state index in [1.807, 2.05) is 13.8 Å². The smallest absolute Gasteiger partial charge is 0.326 e. The first kappa shape index (κ1) is 21.4. The first-order chi connectivity index (χ1) is 11.8. The Kier molecular flexibility index (Phi) is 8.85. The number of nitrogens with one attached hydrogen (secondary N) is 1. The number of rotatable bonds is 10. The molecule has 3 atom stereocenters. The summed E-state index contributed by atoms with van der Waals surface area (Å²) in [6.45, 7) is 4.84. The standard InChI is InChI=1S/C17H32N4O4/c1-11(2)10-12(19)15(22)20-13(6-3-4-8-18)16(23)21-9-5-7-14(21)17(24)25/h11-14H,3-10,18-19H2,1-2H3,(H,20,22)(H,24,25)/t12-,13-,14+/m0/s1. The quantitative estimate of drug-likeness (QED) is 0.408. The van der Waals surface area contributed by atoms with Gasteiger partial charge in [0.05, 0.1) is 6.04 Å². The predicted molar refractivity (Wildman–Crippen MR) is 94.6 cm³/mol.